The van der Waals surface area contributed by atoms with Crippen molar-refractivity contribution in [3.05, 3.63) is 96.2 Å². The van der Waals surface area contributed by atoms with Gasteiger partial charge in [0.25, 0.3) is 15.9 Å². The van der Waals surface area contributed by atoms with E-state index in [9.17, 15) is 31.5 Å². The third-order valence-electron chi connectivity index (χ3n) is 4.84. The van der Waals surface area contributed by atoms with Crippen molar-refractivity contribution in [1.29, 1.82) is 0 Å². The number of benzene rings is 3. The highest BCUT2D eigenvalue weighted by molar-refractivity contribution is 7.93. The molecule has 4 aromatic rings. The number of alkyl halides is 3. The topological polar surface area (TPSA) is 87.6 Å². The van der Waals surface area contributed by atoms with Crippen LogP contribution in [0.25, 0.3) is 10.9 Å². The number of rotatable bonds is 4. The first-order valence-corrected chi connectivity index (χ1v) is 10.9. The summed E-state index contributed by atoms with van der Waals surface area (Å²) in [5.74, 6) is -1.65. The molecule has 6 nitrogen and oxygen atoms in total. The zero-order chi connectivity index (χ0) is 23.8. The molecule has 0 atom stereocenters. The van der Waals surface area contributed by atoms with Gasteiger partial charge in [0.2, 0.25) is 0 Å². The molecule has 0 saturated carbocycles. The van der Waals surface area contributed by atoms with E-state index < -0.39 is 33.2 Å². The van der Waals surface area contributed by atoms with Crippen molar-refractivity contribution in [3.8, 4) is 5.75 Å². The number of carbonyl (C=O) groups is 1. The molecule has 1 amide bonds. The second kappa shape index (κ2) is 8.21. The van der Waals surface area contributed by atoms with Crippen LogP contribution in [0.1, 0.15) is 15.9 Å². The van der Waals surface area contributed by atoms with Crippen molar-refractivity contribution in [1.82, 2.24) is 4.98 Å². The van der Waals surface area contributed by atoms with Crippen molar-refractivity contribution in [2.24, 2.45) is 0 Å². The predicted molar refractivity (Wildman–Crippen MR) is 115 cm³/mol. The molecule has 3 aromatic carbocycles. The number of para-hydroxylation sites is 1. The van der Waals surface area contributed by atoms with Gasteiger partial charge in [0.05, 0.1) is 27.2 Å². The lowest BCUT2D eigenvalue weighted by atomic mass is 10.0. The lowest BCUT2D eigenvalue weighted by molar-refractivity contribution is -0.136. The number of carbonyl (C=O) groups excluding carboxylic acids is 1. The second-order valence-corrected chi connectivity index (χ2v) is 8.75. The van der Waals surface area contributed by atoms with Gasteiger partial charge >= 0.3 is 6.18 Å². The molecule has 4 rings (SSSR count). The molecule has 10 heteroatoms. The van der Waals surface area contributed by atoms with Gasteiger partial charge in [-0.1, -0.05) is 36.4 Å². The number of halogens is 3. The maximum atomic E-state index is 14.1. The summed E-state index contributed by atoms with van der Waals surface area (Å²) >= 11 is 0. The van der Waals surface area contributed by atoms with Crippen LogP contribution in [0.2, 0.25) is 0 Å². The van der Waals surface area contributed by atoms with Gasteiger partial charge in [0, 0.05) is 11.6 Å². The minimum atomic E-state index is -4.97. The molecule has 0 saturated heterocycles. The third-order valence-corrected chi connectivity index (χ3v) is 6.56. The van der Waals surface area contributed by atoms with Crippen LogP contribution in [0.4, 0.5) is 18.9 Å². The molecule has 0 unspecified atom stereocenters. The number of sulfonamides is 1. The Kier molecular flexibility index (Phi) is 5.54. The SMILES string of the molecule is O=C(c1cnc2ccccc2c1C(F)(F)F)N(c1ccc(O)cc1)S(=O)(=O)c1ccccc1. The van der Waals surface area contributed by atoms with Gasteiger partial charge in [-0.05, 0) is 42.5 Å². The van der Waals surface area contributed by atoms with Crippen molar-refractivity contribution in [3.63, 3.8) is 0 Å². The normalized spacial score (nSPS) is 12.0. The Balaban J connectivity index is 1.99. The molecular weight excluding hydrogens is 457 g/mol. The summed E-state index contributed by atoms with van der Waals surface area (Å²) in [5, 5.41) is 9.24. The van der Waals surface area contributed by atoms with E-state index in [0.717, 1.165) is 30.5 Å². The van der Waals surface area contributed by atoms with Gasteiger partial charge in [-0.2, -0.15) is 17.5 Å². The Hall–Kier alpha value is -3.92. The third kappa shape index (κ3) is 4.12. The Morgan fingerprint density at radius 2 is 1.48 bits per heavy atom. The number of hydrogen-bond donors (Lipinski definition) is 1. The first-order valence-electron chi connectivity index (χ1n) is 9.49. The Morgan fingerprint density at radius 1 is 0.879 bits per heavy atom. The Bertz CT molecular complexity index is 1440. The number of aromatic nitrogens is 1. The summed E-state index contributed by atoms with van der Waals surface area (Å²) in [7, 11) is -4.62. The van der Waals surface area contributed by atoms with Crippen LogP contribution < -0.4 is 4.31 Å². The molecule has 0 aliphatic carbocycles. The number of pyridine rings is 1. The lowest BCUT2D eigenvalue weighted by Crippen LogP contribution is -2.38. The van der Waals surface area contributed by atoms with Crippen LogP contribution in [-0.4, -0.2) is 24.4 Å². The van der Waals surface area contributed by atoms with E-state index in [4.69, 9.17) is 0 Å². The van der Waals surface area contributed by atoms with E-state index in [2.05, 4.69) is 4.98 Å². The van der Waals surface area contributed by atoms with Gasteiger partial charge < -0.3 is 5.11 Å². The van der Waals surface area contributed by atoms with E-state index >= 15 is 0 Å². The van der Waals surface area contributed by atoms with Gasteiger partial charge in [-0.3, -0.25) is 9.78 Å². The number of nitrogens with zero attached hydrogens (tertiary/aromatic N) is 2. The molecule has 1 heterocycles. The summed E-state index contributed by atoms with van der Waals surface area (Å²) in [4.78, 5) is 17.1. The van der Waals surface area contributed by atoms with Gasteiger partial charge in [0.15, 0.2) is 0 Å². The number of phenols is 1. The molecule has 0 aliphatic heterocycles. The summed E-state index contributed by atoms with van der Waals surface area (Å²) in [6.07, 6.45) is -4.24. The van der Waals surface area contributed by atoms with Crippen molar-refractivity contribution >= 4 is 32.5 Å². The fraction of sp³-hybridized carbons (Fsp3) is 0.0435. The molecule has 1 aromatic heterocycles. The molecule has 0 radical (unpaired) electrons. The zero-order valence-corrected chi connectivity index (χ0v) is 17.5. The van der Waals surface area contributed by atoms with E-state index in [1.807, 2.05) is 0 Å². The Morgan fingerprint density at radius 3 is 2.12 bits per heavy atom. The van der Waals surface area contributed by atoms with Crippen LogP contribution in [0, 0.1) is 0 Å². The molecule has 168 valence electrons. The number of phenolic OH excluding ortho intramolecular Hbond substituents is 1. The molecule has 33 heavy (non-hydrogen) atoms. The smallest absolute Gasteiger partial charge is 0.417 e. The number of hydrogen-bond acceptors (Lipinski definition) is 5. The minimum absolute atomic E-state index is 0.00322. The van der Waals surface area contributed by atoms with Crippen molar-refractivity contribution < 1.29 is 31.5 Å². The molecular formula is C23H15F3N2O4S. The Labute approximate surface area is 186 Å². The van der Waals surface area contributed by atoms with Crippen LogP contribution >= 0.6 is 0 Å². The largest absolute Gasteiger partial charge is 0.508 e. The molecule has 0 spiro atoms. The van der Waals surface area contributed by atoms with Gasteiger partial charge in [-0.25, -0.2) is 8.42 Å². The zero-order valence-electron chi connectivity index (χ0n) is 16.7. The maximum Gasteiger partial charge on any atom is 0.417 e. The molecule has 0 aliphatic rings. The van der Waals surface area contributed by atoms with E-state index in [0.29, 0.717) is 0 Å². The van der Waals surface area contributed by atoms with Crippen LogP contribution in [0.3, 0.4) is 0 Å². The summed E-state index contributed by atoms with van der Waals surface area (Å²) < 4.78 is 69.4. The van der Waals surface area contributed by atoms with Crippen molar-refractivity contribution in [2.45, 2.75) is 11.1 Å². The minimum Gasteiger partial charge on any atom is -0.508 e. The number of aromatic hydroxyl groups is 1. The van der Waals surface area contributed by atoms with Crippen LogP contribution in [0.15, 0.2) is 90.0 Å². The number of amides is 1. The molecule has 0 fully saturated rings. The van der Waals surface area contributed by atoms with Crippen molar-refractivity contribution in [2.75, 3.05) is 4.31 Å². The predicted octanol–water partition coefficient (Wildman–Crippen LogP) is 4.99. The molecule has 1 N–H and O–H groups in total. The summed E-state index contributed by atoms with van der Waals surface area (Å²) in [6.45, 7) is 0. The number of anilines is 1. The van der Waals surface area contributed by atoms with Gasteiger partial charge in [-0.15, -0.1) is 0 Å². The van der Waals surface area contributed by atoms with Crippen LogP contribution in [0.5, 0.6) is 5.75 Å². The van der Waals surface area contributed by atoms with E-state index in [1.54, 1.807) is 6.07 Å². The molecule has 0 bridgehead atoms. The fourth-order valence-corrected chi connectivity index (χ4v) is 4.80. The van der Waals surface area contributed by atoms with E-state index in [1.165, 1.54) is 48.5 Å². The van der Waals surface area contributed by atoms with Gasteiger partial charge in [0.1, 0.15) is 5.75 Å². The quantitative estimate of drug-likeness (QED) is 0.452. The average Bonchev–Trinajstić information content (AvgIpc) is 2.79. The summed E-state index contributed by atoms with van der Waals surface area (Å²) in [5.41, 5.74) is -2.45. The fourth-order valence-electron chi connectivity index (χ4n) is 3.37. The highest BCUT2D eigenvalue weighted by Gasteiger charge is 2.41. The average molecular weight is 472 g/mol. The highest BCUT2D eigenvalue weighted by Crippen LogP contribution is 2.38. The maximum absolute atomic E-state index is 14.1. The number of fused-ring (bicyclic) bond motifs is 1. The first kappa shape index (κ1) is 22.3. The summed E-state index contributed by atoms with van der Waals surface area (Å²) in [6, 6.07) is 16.7. The van der Waals surface area contributed by atoms with Crippen LogP contribution in [-0.2, 0) is 16.2 Å². The lowest BCUT2D eigenvalue weighted by Gasteiger charge is -2.24. The van der Waals surface area contributed by atoms with E-state index in [-0.39, 0.29) is 31.5 Å². The monoisotopic (exact) mass is 472 g/mol. The second-order valence-electron chi connectivity index (χ2n) is 6.97. The highest BCUT2D eigenvalue weighted by atomic mass is 32.2. The standard InChI is InChI=1S/C23H15F3N2O4S/c24-23(25,26)21-18-8-4-5-9-20(18)27-14-19(21)22(30)28(15-10-12-16(29)13-11-15)33(31,32)17-6-2-1-3-7-17/h1-14,29H. The first-order chi connectivity index (χ1) is 15.6.